The maximum atomic E-state index is 12.5. The molecule has 1 aliphatic carbocycles. The number of alkyl halides is 3. The van der Waals surface area contributed by atoms with Gasteiger partial charge < -0.3 is 4.74 Å². The number of nitrogens with zero attached hydrogens (tertiary/aromatic N) is 3. The Morgan fingerprint density at radius 3 is 2.51 bits per heavy atom. The van der Waals surface area contributed by atoms with E-state index in [4.69, 9.17) is 17.3 Å². The fraction of sp³-hybridized carbons (Fsp3) is 0.323. The molecule has 0 amide bonds. The molecule has 8 heteroatoms. The van der Waals surface area contributed by atoms with Gasteiger partial charge in [0, 0.05) is 36.0 Å². The summed E-state index contributed by atoms with van der Waals surface area (Å²) in [7, 11) is 1.91. The van der Waals surface area contributed by atoms with E-state index in [9.17, 15) is 13.2 Å². The van der Waals surface area contributed by atoms with Crippen LogP contribution in [0, 0.1) is 19.8 Å². The van der Waals surface area contributed by atoms with E-state index in [1.807, 2.05) is 18.3 Å². The summed E-state index contributed by atoms with van der Waals surface area (Å²) < 4.78 is 41.7. The van der Waals surface area contributed by atoms with E-state index < -0.39 is 6.36 Å². The SMILES string of the molecule is Cc1cccc(C)c1CC(=S)CN=Cc1ccc2c(c1)CCC1C2=NN(C)C1c1ccc(OC(F)(F)F)cc1. The van der Waals surface area contributed by atoms with Gasteiger partial charge >= 0.3 is 6.36 Å². The lowest BCUT2D eigenvalue weighted by Gasteiger charge is -2.29. The number of rotatable bonds is 7. The van der Waals surface area contributed by atoms with Crippen molar-refractivity contribution in [1.29, 1.82) is 0 Å². The first-order valence-corrected chi connectivity index (χ1v) is 13.4. The first-order valence-electron chi connectivity index (χ1n) is 13.0. The molecule has 39 heavy (non-hydrogen) atoms. The molecular weight excluding hydrogens is 519 g/mol. The van der Waals surface area contributed by atoms with Crippen molar-refractivity contribution in [3.05, 3.63) is 99.6 Å². The Bertz CT molecular complexity index is 1430. The van der Waals surface area contributed by atoms with Crippen molar-refractivity contribution in [2.24, 2.45) is 16.0 Å². The third kappa shape index (κ3) is 6.06. The zero-order valence-corrected chi connectivity index (χ0v) is 22.9. The zero-order chi connectivity index (χ0) is 27.7. The molecule has 1 heterocycles. The van der Waals surface area contributed by atoms with E-state index in [0.717, 1.165) is 46.5 Å². The number of aliphatic imine (C=N–C) groups is 1. The average Bonchev–Trinajstić information content (AvgIpc) is 3.22. The highest BCUT2D eigenvalue weighted by Crippen LogP contribution is 2.43. The number of hydrazone groups is 1. The van der Waals surface area contributed by atoms with Crippen LogP contribution in [0.1, 0.15) is 51.4 Å². The number of benzene rings is 3. The number of aryl methyl sites for hydroxylation is 3. The maximum absolute atomic E-state index is 12.5. The van der Waals surface area contributed by atoms with E-state index >= 15 is 0 Å². The van der Waals surface area contributed by atoms with Crippen LogP contribution in [0.3, 0.4) is 0 Å². The minimum Gasteiger partial charge on any atom is -0.406 e. The van der Waals surface area contributed by atoms with Gasteiger partial charge in [0.2, 0.25) is 0 Å². The van der Waals surface area contributed by atoms with Crippen LogP contribution in [-0.2, 0) is 12.8 Å². The van der Waals surface area contributed by atoms with Gasteiger partial charge in [-0.15, -0.1) is 13.2 Å². The summed E-state index contributed by atoms with van der Waals surface area (Å²) in [4.78, 5) is 5.53. The van der Waals surface area contributed by atoms with Gasteiger partial charge in [0.15, 0.2) is 0 Å². The number of fused-ring (bicyclic) bond motifs is 3. The molecule has 0 saturated carbocycles. The molecular formula is C31H30F3N3OS. The molecule has 1 aliphatic heterocycles. The lowest BCUT2D eigenvalue weighted by atomic mass is 9.77. The van der Waals surface area contributed by atoms with Crippen molar-refractivity contribution in [2.75, 3.05) is 13.6 Å². The van der Waals surface area contributed by atoms with Crippen molar-refractivity contribution >= 4 is 29.0 Å². The molecule has 0 spiro atoms. The van der Waals surface area contributed by atoms with Gasteiger partial charge in [-0.25, -0.2) is 0 Å². The molecule has 2 unspecified atom stereocenters. The lowest BCUT2D eigenvalue weighted by molar-refractivity contribution is -0.274. The molecule has 4 nitrogen and oxygen atoms in total. The second-order valence-electron chi connectivity index (χ2n) is 10.2. The molecule has 5 rings (SSSR count). The molecule has 2 atom stereocenters. The molecule has 2 aliphatic rings. The number of ether oxygens (including phenoxy) is 1. The molecule has 0 fully saturated rings. The monoisotopic (exact) mass is 549 g/mol. The number of hydrogen-bond acceptors (Lipinski definition) is 5. The lowest BCUT2D eigenvalue weighted by Crippen LogP contribution is -2.27. The largest absolute Gasteiger partial charge is 0.573 e. The number of thiocarbonyl (C=S) groups is 1. The van der Waals surface area contributed by atoms with E-state index in [-0.39, 0.29) is 17.7 Å². The standard InChI is InChI=1S/C31H30F3N3OS/c1-19-5-4-6-20(2)28(19)16-25(39)18-35-17-21-7-13-26-23(15-21)10-14-27-29(26)36-37(3)30(27)22-8-11-24(12-9-22)38-31(32,33)34/h4-9,11-13,15,17,27,30H,10,14,16,18H2,1-3H3. The summed E-state index contributed by atoms with van der Waals surface area (Å²) in [5, 5.41) is 6.77. The van der Waals surface area contributed by atoms with Gasteiger partial charge in [-0.3, -0.25) is 10.0 Å². The van der Waals surface area contributed by atoms with Crippen LogP contribution in [0.4, 0.5) is 13.2 Å². The van der Waals surface area contributed by atoms with Crippen LogP contribution < -0.4 is 4.74 Å². The smallest absolute Gasteiger partial charge is 0.406 e. The Balaban J connectivity index is 1.25. The van der Waals surface area contributed by atoms with Crippen LogP contribution in [0.5, 0.6) is 5.75 Å². The van der Waals surface area contributed by atoms with Gasteiger partial charge in [-0.05, 0) is 78.3 Å². The topological polar surface area (TPSA) is 37.2 Å². The summed E-state index contributed by atoms with van der Waals surface area (Å²) >= 11 is 5.62. The Hall–Kier alpha value is -3.52. The van der Waals surface area contributed by atoms with Crippen LogP contribution in [0.2, 0.25) is 0 Å². The normalized spacial score (nSPS) is 18.6. The number of halogens is 3. The van der Waals surface area contributed by atoms with Crippen LogP contribution >= 0.6 is 12.2 Å². The minimum absolute atomic E-state index is 0.0350. The fourth-order valence-corrected chi connectivity index (χ4v) is 5.89. The first-order chi connectivity index (χ1) is 18.6. The highest BCUT2D eigenvalue weighted by molar-refractivity contribution is 7.80. The fourth-order valence-electron chi connectivity index (χ4n) is 5.67. The van der Waals surface area contributed by atoms with Crippen molar-refractivity contribution < 1.29 is 17.9 Å². The molecule has 0 aromatic heterocycles. The third-order valence-corrected chi connectivity index (χ3v) is 7.79. The first kappa shape index (κ1) is 27.1. The van der Waals surface area contributed by atoms with Crippen molar-refractivity contribution in [1.82, 2.24) is 5.01 Å². The maximum Gasteiger partial charge on any atom is 0.573 e. The highest BCUT2D eigenvalue weighted by Gasteiger charge is 2.40. The minimum atomic E-state index is -4.70. The summed E-state index contributed by atoms with van der Waals surface area (Å²) in [5.74, 6) is -0.0547. The van der Waals surface area contributed by atoms with Gasteiger partial charge in [0.1, 0.15) is 5.75 Å². The Kier molecular flexibility index (Phi) is 7.58. The van der Waals surface area contributed by atoms with Gasteiger partial charge in [-0.2, -0.15) is 5.10 Å². The van der Waals surface area contributed by atoms with Crippen LogP contribution in [0.25, 0.3) is 0 Å². The van der Waals surface area contributed by atoms with Crippen molar-refractivity contribution in [3.63, 3.8) is 0 Å². The molecule has 0 bridgehead atoms. The second kappa shape index (κ2) is 10.9. The Labute approximate surface area is 232 Å². The predicted octanol–water partition coefficient (Wildman–Crippen LogP) is 7.19. The molecule has 202 valence electrons. The van der Waals surface area contributed by atoms with Gasteiger partial charge in [0.25, 0.3) is 0 Å². The van der Waals surface area contributed by atoms with E-state index in [0.29, 0.717) is 6.54 Å². The predicted molar refractivity (Wildman–Crippen MR) is 153 cm³/mol. The highest BCUT2D eigenvalue weighted by atomic mass is 32.1. The summed E-state index contributed by atoms with van der Waals surface area (Å²) in [6.07, 6.45) is -0.263. The van der Waals surface area contributed by atoms with E-state index in [1.165, 1.54) is 34.4 Å². The van der Waals surface area contributed by atoms with Gasteiger partial charge in [0.05, 0.1) is 18.3 Å². The van der Waals surface area contributed by atoms with Crippen molar-refractivity contribution in [3.8, 4) is 5.75 Å². The third-order valence-electron chi connectivity index (χ3n) is 7.51. The molecule has 0 radical (unpaired) electrons. The van der Waals surface area contributed by atoms with E-state index in [2.05, 4.69) is 60.0 Å². The molecule has 0 saturated heterocycles. The average molecular weight is 550 g/mol. The summed E-state index contributed by atoms with van der Waals surface area (Å²) in [6, 6.07) is 18.7. The van der Waals surface area contributed by atoms with Crippen LogP contribution in [0.15, 0.2) is 70.8 Å². The molecule has 3 aromatic rings. The zero-order valence-electron chi connectivity index (χ0n) is 22.1. The quantitative estimate of drug-likeness (QED) is 0.231. The summed E-state index contributed by atoms with van der Waals surface area (Å²) in [5.41, 5.74) is 9.12. The van der Waals surface area contributed by atoms with E-state index in [1.54, 1.807) is 12.1 Å². The second-order valence-corrected chi connectivity index (χ2v) is 10.8. The summed E-state index contributed by atoms with van der Waals surface area (Å²) in [6.45, 7) is 4.74. The molecule has 0 N–H and O–H groups in total. The Morgan fingerprint density at radius 1 is 1.10 bits per heavy atom. The number of hydrogen-bond donors (Lipinski definition) is 0. The Morgan fingerprint density at radius 2 is 1.82 bits per heavy atom. The molecule has 3 aromatic carbocycles. The van der Waals surface area contributed by atoms with Crippen LogP contribution in [-0.4, -0.2) is 41.8 Å². The van der Waals surface area contributed by atoms with Crippen molar-refractivity contribution in [2.45, 2.75) is 45.5 Å². The van der Waals surface area contributed by atoms with Gasteiger partial charge in [-0.1, -0.05) is 54.7 Å².